The third-order valence-corrected chi connectivity index (χ3v) is 3.62. The van der Waals surface area contributed by atoms with E-state index in [-0.39, 0.29) is 6.04 Å². The zero-order valence-corrected chi connectivity index (χ0v) is 12.7. The first kappa shape index (κ1) is 14.9. The predicted molar refractivity (Wildman–Crippen MR) is 84.3 cm³/mol. The van der Waals surface area contributed by atoms with E-state index in [1.807, 2.05) is 43.3 Å². The fourth-order valence-corrected chi connectivity index (χ4v) is 2.24. The summed E-state index contributed by atoms with van der Waals surface area (Å²) < 4.78 is 5.45. The van der Waals surface area contributed by atoms with Gasteiger partial charge in [-0.15, -0.1) is 0 Å². The Bertz CT molecular complexity index is 539. The summed E-state index contributed by atoms with van der Waals surface area (Å²) in [5.74, 6) is 0.912. The smallest absolute Gasteiger partial charge is 0.119 e. The lowest BCUT2D eigenvalue weighted by molar-refractivity contribution is 0.340. The lowest BCUT2D eigenvalue weighted by Crippen LogP contribution is -2.18. The standard InChI is InChI=1S/C17H20ClNO/c1-3-20-16-10-8-14(9-11-16)13(2)19-12-15-6-4-5-7-17(15)18/h4-11,13,19H,3,12H2,1-2H3. The van der Waals surface area contributed by atoms with Crippen LogP contribution in [0.1, 0.15) is 31.0 Å². The third kappa shape index (κ3) is 3.99. The van der Waals surface area contributed by atoms with Crippen molar-refractivity contribution < 1.29 is 4.74 Å². The van der Waals surface area contributed by atoms with Crippen molar-refractivity contribution in [2.24, 2.45) is 0 Å². The molecule has 0 aliphatic carbocycles. The van der Waals surface area contributed by atoms with Crippen LogP contribution in [0.25, 0.3) is 0 Å². The van der Waals surface area contributed by atoms with E-state index in [9.17, 15) is 0 Å². The van der Waals surface area contributed by atoms with E-state index in [1.165, 1.54) is 5.56 Å². The second-order valence-corrected chi connectivity index (χ2v) is 5.10. The Kier molecular flexibility index (Phi) is 5.45. The summed E-state index contributed by atoms with van der Waals surface area (Å²) in [5.41, 5.74) is 2.35. The number of halogens is 1. The maximum absolute atomic E-state index is 6.15. The minimum absolute atomic E-state index is 0.266. The van der Waals surface area contributed by atoms with Crippen molar-refractivity contribution in [2.75, 3.05) is 6.61 Å². The highest BCUT2D eigenvalue weighted by atomic mass is 35.5. The Labute approximate surface area is 125 Å². The molecule has 106 valence electrons. The van der Waals surface area contributed by atoms with E-state index in [2.05, 4.69) is 24.4 Å². The Hall–Kier alpha value is -1.51. The third-order valence-electron chi connectivity index (χ3n) is 3.25. The second kappa shape index (κ2) is 7.32. The molecule has 2 nitrogen and oxygen atoms in total. The lowest BCUT2D eigenvalue weighted by atomic mass is 10.1. The zero-order valence-electron chi connectivity index (χ0n) is 11.9. The molecule has 1 N–H and O–H groups in total. The molecule has 0 aliphatic rings. The second-order valence-electron chi connectivity index (χ2n) is 4.70. The Morgan fingerprint density at radius 2 is 1.80 bits per heavy atom. The summed E-state index contributed by atoms with van der Waals surface area (Å²) in [5, 5.41) is 4.29. The van der Waals surface area contributed by atoms with Crippen LogP contribution < -0.4 is 10.1 Å². The fraction of sp³-hybridized carbons (Fsp3) is 0.294. The average molecular weight is 290 g/mol. The van der Waals surface area contributed by atoms with Gasteiger partial charge >= 0.3 is 0 Å². The van der Waals surface area contributed by atoms with Gasteiger partial charge in [-0.2, -0.15) is 0 Å². The number of hydrogen-bond donors (Lipinski definition) is 1. The molecule has 0 fully saturated rings. The Balaban J connectivity index is 1.94. The molecule has 2 aromatic carbocycles. The van der Waals surface area contributed by atoms with E-state index in [1.54, 1.807) is 0 Å². The summed E-state index contributed by atoms with van der Waals surface area (Å²) in [4.78, 5) is 0. The van der Waals surface area contributed by atoms with E-state index < -0.39 is 0 Å². The Morgan fingerprint density at radius 1 is 1.10 bits per heavy atom. The first-order valence-electron chi connectivity index (χ1n) is 6.90. The quantitative estimate of drug-likeness (QED) is 0.840. The average Bonchev–Trinajstić information content (AvgIpc) is 2.47. The summed E-state index contributed by atoms with van der Waals surface area (Å²) in [6.45, 7) is 5.59. The van der Waals surface area contributed by atoms with Crippen molar-refractivity contribution in [3.63, 3.8) is 0 Å². The summed E-state index contributed by atoms with van der Waals surface area (Å²) >= 11 is 6.15. The van der Waals surface area contributed by atoms with Crippen molar-refractivity contribution in [1.29, 1.82) is 0 Å². The molecular weight excluding hydrogens is 270 g/mol. The van der Waals surface area contributed by atoms with Gasteiger partial charge in [-0.3, -0.25) is 0 Å². The van der Waals surface area contributed by atoms with Crippen LogP contribution >= 0.6 is 11.6 Å². The fourth-order valence-electron chi connectivity index (χ4n) is 2.04. The van der Waals surface area contributed by atoms with Crippen LogP contribution in [0, 0.1) is 0 Å². The van der Waals surface area contributed by atoms with Crippen LogP contribution in [0.3, 0.4) is 0 Å². The molecule has 0 aromatic heterocycles. The molecular formula is C17H20ClNO. The molecule has 0 heterocycles. The number of ether oxygens (including phenoxy) is 1. The van der Waals surface area contributed by atoms with Gasteiger partial charge in [0.2, 0.25) is 0 Å². The summed E-state index contributed by atoms with van der Waals surface area (Å²) in [6.07, 6.45) is 0. The van der Waals surface area contributed by atoms with Crippen molar-refractivity contribution in [2.45, 2.75) is 26.4 Å². The van der Waals surface area contributed by atoms with Crippen molar-refractivity contribution in [1.82, 2.24) is 5.32 Å². The molecule has 2 aromatic rings. The van der Waals surface area contributed by atoms with Crippen LogP contribution in [0.5, 0.6) is 5.75 Å². The first-order chi connectivity index (χ1) is 9.70. The van der Waals surface area contributed by atoms with E-state index >= 15 is 0 Å². The van der Waals surface area contributed by atoms with Gasteiger partial charge in [0.1, 0.15) is 5.75 Å². The summed E-state index contributed by atoms with van der Waals surface area (Å²) in [7, 11) is 0. The molecule has 0 saturated carbocycles. The molecule has 0 bridgehead atoms. The van der Waals surface area contributed by atoms with Crippen LogP contribution in [-0.4, -0.2) is 6.61 Å². The minimum Gasteiger partial charge on any atom is -0.494 e. The normalized spacial score (nSPS) is 12.2. The van der Waals surface area contributed by atoms with Gasteiger partial charge < -0.3 is 10.1 Å². The lowest BCUT2D eigenvalue weighted by Gasteiger charge is -2.15. The van der Waals surface area contributed by atoms with Crippen LogP contribution in [0.4, 0.5) is 0 Å². The van der Waals surface area contributed by atoms with E-state index in [0.29, 0.717) is 6.61 Å². The minimum atomic E-state index is 0.266. The maximum Gasteiger partial charge on any atom is 0.119 e. The predicted octanol–water partition coefficient (Wildman–Crippen LogP) is 4.59. The SMILES string of the molecule is CCOc1ccc(C(C)NCc2ccccc2Cl)cc1. The Morgan fingerprint density at radius 3 is 2.45 bits per heavy atom. The largest absolute Gasteiger partial charge is 0.494 e. The van der Waals surface area contributed by atoms with Crippen LogP contribution in [0.15, 0.2) is 48.5 Å². The molecule has 2 rings (SSSR count). The van der Waals surface area contributed by atoms with Crippen molar-refractivity contribution in [3.05, 3.63) is 64.7 Å². The van der Waals surface area contributed by atoms with Gasteiger partial charge in [0.25, 0.3) is 0 Å². The van der Waals surface area contributed by atoms with Gasteiger partial charge in [-0.1, -0.05) is 41.9 Å². The van der Waals surface area contributed by atoms with Gasteiger partial charge in [0, 0.05) is 17.6 Å². The molecule has 0 radical (unpaired) electrons. The van der Waals surface area contributed by atoms with E-state index in [0.717, 1.165) is 22.9 Å². The highest BCUT2D eigenvalue weighted by Gasteiger charge is 2.06. The molecule has 0 aliphatic heterocycles. The number of rotatable bonds is 6. The van der Waals surface area contributed by atoms with Gasteiger partial charge in [0.05, 0.1) is 6.61 Å². The highest BCUT2D eigenvalue weighted by Crippen LogP contribution is 2.19. The number of nitrogens with one attached hydrogen (secondary N) is 1. The molecule has 0 spiro atoms. The van der Waals surface area contributed by atoms with Crippen LogP contribution in [-0.2, 0) is 6.54 Å². The number of benzene rings is 2. The van der Waals surface area contributed by atoms with Gasteiger partial charge in [-0.05, 0) is 43.2 Å². The summed E-state index contributed by atoms with van der Waals surface area (Å²) in [6, 6.07) is 16.4. The van der Waals surface area contributed by atoms with E-state index in [4.69, 9.17) is 16.3 Å². The molecule has 0 amide bonds. The highest BCUT2D eigenvalue weighted by molar-refractivity contribution is 6.31. The zero-order chi connectivity index (χ0) is 14.4. The van der Waals surface area contributed by atoms with Gasteiger partial charge in [-0.25, -0.2) is 0 Å². The topological polar surface area (TPSA) is 21.3 Å². The molecule has 3 heteroatoms. The first-order valence-corrected chi connectivity index (χ1v) is 7.28. The number of hydrogen-bond acceptors (Lipinski definition) is 2. The maximum atomic E-state index is 6.15. The molecule has 1 unspecified atom stereocenters. The molecule has 0 saturated heterocycles. The van der Waals surface area contributed by atoms with Crippen molar-refractivity contribution in [3.8, 4) is 5.75 Å². The van der Waals surface area contributed by atoms with Gasteiger partial charge in [0.15, 0.2) is 0 Å². The molecule has 20 heavy (non-hydrogen) atoms. The van der Waals surface area contributed by atoms with Crippen LogP contribution in [0.2, 0.25) is 5.02 Å². The monoisotopic (exact) mass is 289 g/mol. The molecule has 1 atom stereocenters. The van der Waals surface area contributed by atoms with Crippen molar-refractivity contribution >= 4 is 11.6 Å².